The van der Waals surface area contributed by atoms with Crippen LogP contribution < -0.4 is 5.32 Å². The van der Waals surface area contributed by atoms with Gasteiger partial charge in [0.15, 0.2) is 0 Å². The number of benzene rings is 1. The molecule has 0 aliphatic rings. The van der Waals surface area contributed by atoms with Crippen LogP contribution in [0.3, 0.4) is 0 Å². The Hall–Kier alpha value is -2.21. The Morgan fingerprint density at radius 3 is 2.46 bits per heavy atom. The zero-order chi connectivity index (χ0) is 17.7. The quantitative estimate of drug-likeness (QED) is 0.841. The molecule has 0 saturated heterocycles. The van der Waals surface area contributed by atoms with Crippen LogP contribution in [0.15, 0.2) is 35.7 Å². The standard InChI is InChI=1S/C18H22N2O3S/c1-18(2,3)17-19-13(11-24-17)9-15(21)20-14(10-16(22)23)12-7-5-4-6-8-12/h4-8,11,14H,9-10H2,1-3H3,(H,20,21)(H,22,23). The summed E-state index contributed by atoms with van der Waals surface area (Å²) in [5.74, 6) is -1.18. The lowest BCUT2D eigenvalue weighted by Gasteiger charge is -2.17. The van der Waals surface area contributed by atoms with E-state index in [4.69, 9.17) is 5.11 Å². The number of carboxylic acids is 1. The van der Waals surface area contributed by atoms with Gasteiger partial charge in [-0.25, -0.2) is 4.98 Å². The predicted octanol–water partition coefficient (Wildman–Crippen LogP) is 3.32. The van der Waals surface area contributed by atoms with Crippen molar-refractivity contribution in [3.63, 3.8) is 0 Å². The largest absolute Gasteiger partial charge is 0.481 e. The molecule has 1 atom stereocenters. The summed E-state index contributed by atoms with van der Waals surface area (Å²) >= 11 is 1.54. The van der Waals surface area contributed by atoms with E-state index < -0.39 is 12.0 Å². The van der Waals surface area contributed by atoms with Crippen molar-refractivity contribution < 1.29 is 14.7 Å². The molecule has 2 aromatic rings. The number of carboxylic acid groups (broad SMARTS) is 1. The van der Waals surface area contributed by atoms with E-state index in [0.717, 1.165) is 10.6 Å². The summed E-state index contributed by atoms with van der Waals surface area (Å²) < 4.78 is 0. The molecular formula is C18H22N2O3S. The molecule has 24 heavy (non-hydrogen) atoms. The molecule has 0 saturated carbocycles. The third-order valence-corrected chi connectivity index (χ3v) is 4.77. The lowest BCUT2D eigenvalue weighted by molar-refractivity contribution is -0.137. The van der Waals surface area contributed by atoms with Crippen LogP contribution in [0.4, 0.5) is 0 Å². The molecule has 0 aliphatic heterocycles. The number of aliphatic carboxylic acids is 1. The maximum atomic E-state index is 12.3. The topological polar surface area (TPSA) is 79.3 Å². The van der Waals surface area contributed by atoms with E-state index >= 15 is 0 Å². The van der Waals surface area contributed by atoms with Crippen molar-refractivity contribution >= 4 is 23.2 Å². The van der Waals surface area contributed by atoms with Gasteiger partial charge in [0.2, 0.25) is 5.91 Å². The van der Waals surface area contributed by atoms with Gasteiger partial charge in [0.25, 0.3) is 0 Å². The summed E-state index contributed by atoms with van der Waals surface area (Å²) in [4.78, 5) is 27.9. The summed E-state index contributed by atoms with van der Waals surface area (Å²) in [6, 6.07) is 8.59. The maximum Gasteiger partial charge on any atom is 0.305 e. The Morgan fingerprint density at radius 2 is 1.92 bits per heavy atom. The maximum absolute atomic E-state index is 12.3. The van der Waals surface area contributed by atoms with Gasteiger partial charge in [0.05, 0.1) is 29.6 Å². The molecule has 6 heteroatoms. The molecule has 0 fully saturated rings. The van der Waals surface area contributed by atoms with Crippen LogP contribution in [0.5, 0.6) is 0 Å². The van der Waals surface area contributed by atoms with Gasteiger partial charge in [-0.1, -0.05) is 51.1 Å². The van der Waals surface area contributed by atoms with Gasteiger partial charge in [0.1, 0.15) is 0 Å². The molecule has 1 aromatic carbocycles. The number of hydrogen-bond donors (Lipinski definition) is 2. The second kappa shape index (κ2) is 7.57. The summed E-state index contributed by atoms with van der Waals surface area (Å²) in [6.07, 6.45) is -0.00437. The Morgan fingerprint density at radius 1 is 1.25 bits per heavy atom. The summed E-state index contributed by atoms with van der Waals surface area (Å²) in [5, 5.41) is 14.8. The third-order valence-electron chi connectivity index (χ3n) is 3.45. The molecule has 1 unspecified atom stereocenters. The van der Waals surface area contributed by atoms with Crippen molar-refractivity contribution in [3.8, 4) is 0 Å². The van der Waals surface area contributed by atoms with E-state index in [9.17, 15) is 9.59 Å². The van der Waals surface area contributed by atoms with Gasteiger partial charge < -0.3 is 10.4 Å². The van der Waals surface area contributed by atoms with Crippen molar-refractivity contribution in [3.05, 3.63) is 52.0 Å². The number of amides is 1. The molecule has 0 aliphatic carbocycles. The van der Waals surface area contributed by atoms with Gasteiger partial charge in [0, 0.05) is 10.8 Å². The minimum Gasteiger partial charge on any atom is -0.481 e. The number of carbonyl (C=O) groups is 2. The number of nitrogens with zero attached hydrogens (tertiary/aromatic N) is 1. The highest BCUT2D eigenvalue weighted by atomic mass is 32.1. The van der Waals surface area contributed by atoms with Crippen LogP contribution in [-0.4, -0.2) is 22.0 Å². The second-order valence-electron chi connectivity index (χ2n) is 6.70. The number of carbonyl (C=O) groups excluding carboxylic acids is 1. The Balaban J connectivity index is 2.05. The highest BCUT2D eigenvalue weighted by Crippen LogP contribution is 2.25. The van der Waals surface area contributed by atoms with E-state index in [1.165, 1.54) is 11.3 Å². The Labute approximate surface area is 145 Å². The number of aromatic nitrogens is 1. The van der Waals surface area contributed by atoms with Crippen molar-refractivity contribution in [2.45, 2.75) is 45.1 Å². The van der Waals surface area contributed by atoms with Gasteiger partial charge in [-0.2, -0.15) is 0 Å². The van der Waals surface area contributed by atoms with Crippen molar-refractivity contribution in [1.29, 1.82) is 0 Å². The number of nitrogens with one attached hydrogen (secondary N) is 1. The van der Waals surface area contributed by atoms with Crippen LogP contribution in [-0.2, 0) is 21.4 Å². The first kappa shape index (κ1) is 18.1. The first-order chi connectivity index (χ1) is 11.3. The Kier molecular flexibility index (Phi) is 5.72. The van der Waals surface area contributed by atoms with Gasteiger partial charge in [-0.05, 0) is 5.56 Å². The normalized spacial score (nSPS) is 12.6. The van der Waals surface area contributed by atoms with Crippen molar-refractivity contribution in [1.82, 2.24) is 10.3 Å². The number of rotatable bonds is 6. The molecule has 5 nitrogen and oxygen atoms in total. The summed E-state index contributed by atoms with van der Waals surface area (Å²) in [7, 11) is 0. The zero-order valence-corrected chi connectivity index (χ0v) is 14.9. The molecule has 1 aromatic heterocycles. The average molecular weight is 346 g/mol. The zero-order valence-electron chi connectivity index (χ0n) is 14.1. The Bertz CT molecular complexity index is 705. The van der Waals surface area contributed by atoms with Crippen LogP contribution >= 0.6 is 11.3 Å². The van der Waals surface area contributed by atoms with Crippen molar-refractivity contribution in [2.75, 3.05) is 0 Å². The summed E-state index contributed by atoms with van der Waals surface area (Å²) in [6.45, 7) is 6.23. The van der Waals surface area contributed by atoms with Crippen LogP contribution in [0.25, 0.3) is 0 Å². The third kappa shape index (κ3) is 5.16. The highest BCUT2D eigenvalue weighted by molar-refractivity contribution is 7.09. The minimum atomic E-state index is -0.951. The molecule has 0 radical (unpaired) electrons. The van der Waals surface area contributed by atoms with E-state index in [1.54, 1.807) is 0 Å². The van der Waals surface area contributed by atoms with Gasteiger partial charge in [-0.3, -0.25) is 9.59 Å². The van der Waals surface area contributed by atoms with Gasteiger partial charge in [-0.15, -0.1) is 11.3 Å². The van der Waals surface area contributed by atoms with Crippen LogP contribution in [0.2, 0.25) is 0 Å². The molecule has 128 valence electrons. The molecule has 0 spiro atoms. The fourth-order valence-electron chi connectivity index (χ4n) is 2.25. The number of hydrogen-bond acceptors (Lipinski definition) is 4. The first-order valence-electron chi connectivity index (χ1n) is 7.76. The van der Waals surface area contributed by atoms with E-state index in [2.05, 4.69) is 31.1 Å². The van der Waals surface area contributed by atoms with Crippen LogP contribution in [0.1, 0.15) is 49.5 Å². The lowest BCUT2D eigenvalue weighted by Crippen LogP contribution is -2.31. The number of thiazole rings is 1. The van der Waals surface area contributed by atoms with E-state index in [0.29, 0.717) is 5.69 Å². The minimum absolute atomic E-state index is 0.0464. The molecule has 0 bridgehead atoms. The fraction of sp³-hybridized carbons (Fsp3) is 0.389. The summed E-state index contributed by atoms with van der Waals surface area (Å²) in [5.41, 5.74) is 1.45. The molecule has 1 heterocycles. The van der Waals surface area contributed by atoms with E-state index in [1.807, 2.05) is 35.7 Å². The molecule has 2 N–H and O–H groups in total. The smallest absolute Gasteiger partial charge is 0.305 e. The SMILES string of the molecule is CC(C)(C)c1nc(CC(=O)NC(CC(=O)O)c2ccccc2)cs1. The molecular weight excluding hydrogens is 324 g/mol. The average Bonchev–Trinajstić information content (AvgIpc) is 2.95. The van der Waals surface area contributed by atoms with Gasteiger partial charge >= 0.3 is 5.97 Å². The second-order valence-corrected chi connectivity index (χ2v) is 7.56. The monoisotopic (exact) mass is 346 g/mol. The van der Waals surface area contributed by atoms with Crippen molar-refractivity contribution in [2.24, 2.45) is 0 Å². The van der Waals surface area contributed by atoms with E-state index in [-0.39, 0.29) is 24.2 Å². The first-order valence-corrected chi connectivity index (χ1v) is 8.64. The molecule has 2 rings (SSSR count). The molecule has 1 amide bonds. The predicted molar refractivity (Wildman–Crippen MR) is 94.1 cm³/mol. The highest BCUT2D eigenvalue weighted by Gasteiger charge is 2.21. The van der Waals surface area contributed by atoms with Crippen LogP contribution in [0, 0.1) is 0 Å². The lowest BCUT2D eigenvalue weighted by atomic mass is 9.98. The fourth-order valence-corrected chi connectivity index (χ4v) is 3.16.